The average Bonchev–Trinajstić information content (AvgIpc) is 2.37. The van der Waals surface area contributed by atoms with Crippen LogP contribution in [0.25, 0.3) is 0 Å². The molecule has 1 amide bonds. The van der Waals surface area contributed by atoms with Crippen molar-refractivity contribution in [2.45, 2.75) is 6.54 Å². The van der Waals surface area contributed by atoms with Crippen LogP contribution in [-0.2, 0) is 16.1 Å². The molecule has 0 aliphatic rings. The third kappa shape index (κ3) is 6.44. The molecule has 0 radical (unpaired) electrons. The van der Waals surface area contributed by atoms with E-state index in [-0.39, 0.29) is 24.9 Å². The van der Waals surface area contributed by atoms with Crippen LogP contribution in [0.4, 0.5) is 0 Å². The first-order chi connectivity index (χ1) is 8.26. The number of benzene rings is 1. The van der Waals surface area contributed by atoms with Gasteiger partial charge in [-0.25, -0.2) is 0 Å². The Morgan fingerprint density at radius 3 is 2.50 bits per heavy atom. The van der Waals surface area contributed by atoms with Gasteiger partial charge in [0.2, 0.25) is 5.91 Å². The van der Waals surface area contributed by atoms with Crippen molar-refractivity contribution in [3.8, 4) is 5.75 Å². The van der Waals surface area contributed by atoms with Gasteiger partial charge in [0.1, 0.15) is 12.4 Å². The Kier molecular flexibility index (Phi) is 9.00. The molecule has 0 spiro atoms. The summed E-state index contributed by atoms with van der Waals surface area (Å²) in [5.74, 6) is 0.626. The van der Waals surface area contributed by atoms with Gasteiger partial charge in [-0.1, -0.05) is 12.1 Å². The average molecular weight is 275 g/mol. The lowest BCUT2D eigenvalue weighted by Gasteiger charge is -2.07. The van der Waals surface area contributed by atoms with Crippen LogP contribution in [0.1, 0.15) is 5.56 Å². The minimum absolute atomic E-state index is 0. The minimum Gasteiger partial charge on any atom is -0.491 e. The molecule has 0 bridgehead atoms. The lowest BCUT2D eigenvalue weighted by atomic mass is 10.2. The number of carbonyl (C=O) groups is 1. The normalized spacial score (nSPS) is 9.44. The molecule has 0 saturated heterocycles. The van der Waals surface area contributed by atoms with Crippen LogP contribution in [0, 0.1) is 0 Å². The molecule has 3 N–H and O–H groups in total. The van der Waals surface area contributed by atoms with E-state index < -0.39 is 0 Å². The summed E-state index contributed by atoms with van der Waals surface area (Å²) < 4.78 is 10.3. The van der Waals surface area contributed by atoms with Crippen molar-refractivity contribution >= 4 is 18.3 Å². The van der Waals surface area contributed by atoms with Crippen molar-refractivity contribution in [3.05, 3.63) is 29.8 Å². The van der Waals surface area contributed by atoms with Crippen molar-refractivity contribution in [1.82, 2.24) is 5.32 Å². The van der Waals surface area contributed by atoms with Crippen LogP contribution in [0.3, 0.4) is 0 Å². The maximum atomic E-state index is 11.0. The lowest BCUT2D eigenvalue weighted by molar-refractivity contribution is -0.119. The van der Waals surface area contributed by atoms with Gasteiger partial charge in [0, 0.05) is 13.7 Å². The number of ether oxygens (including phenoxy) is 2. The number of nitrogens with one attached hydrogen (secondary N) is 1. The van der Waals surface area contributed by atoms with Crippen LogP contribution in [-0.4, -0.2) is 32.8 Å². The number of carbonyl (C=O) groups excluding carboxylic acids is 1. The van der Waals surface area contributed by atoms with E-state index in [9.17, 15) is 4.79 Å². The second-order valence-electron chi connectivity index (χ2n) is 3.47. The number of halogens is 1. The van der Waals surface area contributed by atoms with Crippen LogP contribution in [0.5, 0.6) is 5.75 Å². The molecule has 102 valence electrons. The molecular weight excluding hydrogens is 256 g/mol. The fourth-order valence-electron chi connectivity index (χ4n) is 1.22. The molecule has 0 saturated carbocycles. The second-order valence-corrected chi connectivity index (χ2v) is 3.47. The van der Waals surface area contributed by atoms with Crippen molar-refractivity contribution in [2.75, 3.05) is 26.9 Å². The SMILES string of the molecule is COCCOc1ccc(CNC(=O)CN)cc1.Cl. The zero-order chi connectivity index (χ0) is 12.5. The number of rotatable bonds is 7. The van der Waals surface area contributed by atoms with E-state index in [1.54, 1.807) is 7.11 Å². The molecule has 1 aromatic rings. The first-order valence-electron chi connectivity index (χ1n) is 5.43. The molecule has 18 heavy (non-hydrogen) atoms. The highest BCUT2D eigenvalue weighted by molar-refractivity contribution is 5.85. The fourth-order valence-corrected chi connectivity index (χ4v) is 1.22. The maximum Gasteiger partial charge on any atom is 0.234 e. The Labute approximate surface area is 113 Å². The van der Waals surface area contributed by atoms with E-state index in [4.69, 9.17) is 15.2 Å². The van der Waals surface area contributed by atoms with E-state index in [2.05, 4.69) is 5.32 Å². The Morgan fingerprint density at radius 1 is 1.28 bits per heavy atom. The summed E-state index contributed by atoms with van der Waals surface area (Å²) in [6.45, 7) is 1.58. The maximum absolute atomic E-state index is 11.0. The molecule has 6 heteroatoms. The van der Waals surface area contributed by atoms with Crippen molar-refractivity contribution in [1.29, 1.82) is 0 Å². The third-order valence-electron chi connectivity index (χ3n) is 2.15. The summed E-state index contributed by atoms with van der Waals surface area (Å²) in [5.41, 5.74) is 6.19. The summed E-state index contributed by atoms with van der Waals surface area (Å²) in [6.07, 6.45) is 0. The Hall–Kier alpha value is -1.30. The molecule has 0 unspecified atom stereocenters. The summed E-state index contributed by atoms with van der Waals surface area (Å²) in [4.78, 5) is 11.0. The summed E-state index contributed by atoms with van der Waals surface area (Å²) in [6, 6.07) is 7.52. The summed E-state index contributed by atoms with van der Waals surface area (Å²) in [5, 5.41) is 2.70. The Balaban J connectivity index is 0.00000289. The number of methoxy groups -OCH3 is 1. The monoisotopic (exact) mass is 274 g/mol. The minimum atomic E-state index is -0.162. The first kappa shape index (κ1) is 16.7. The van der Waals surface area contributed by atoms with E-state index in [0.29, 0.717) is 19.8 Å². The Bertz CT molecular complexity index is 344. The van der Waals surface area contributed by atoms with Gasteiger partial charge in [-0.05, 0) is 17.7 Å². The smallest absolute Gasteiger partial charge is 0.234 e. The second kappa shape index (κ2) is 9.70. The molecule has 0 atom stereocenters. The van der Waals surface area contributed by atoms with Crippen LogP contribution >= 0.6 is 12.4 Å². The number of hydrogen-bond acceptors (Lipinski definition) is 4. The predicted molar refractivity (Wildman–Crippen MR) is 72.0 cm³/mol. The highest BCUT2D eigenvalue weighted by Crippen LogP contribution is 2.11. The van der Waals surface area contributed by atoms with Gasteiger partial charge in [-0.2, -0.15) is 0 Å². The van der Waals surface area contributed by atoms with Crippen LogP contribution in [0.2, 0.25) is 0 Å². The number of nitrogens with two attached hydrogens (primary N) is 1. The van der Waals surface area contributed by atoms with E-state index in [1.807, 2.05) is 24.3 Å². The topological polar surface area (TPSA) is 73.6 Å². The molecule has 0 fully saturated rings. The van der Waals surface area contributed by atoms with Gasteiger partial charge >= 0.3 is 0 Å². The molecule has 1 rings (SSSR count). The van der Waals surface area contributed by atoms with Gasteiger partial charge in [0.05, 0.1) is 13.2 Å². The first-order valence-corrected chi connectivity index (χ1v) is 5.43. The summed E-state index contributed by atoms with van der Waals surface area (Å²) in [7, 11) is 1.63. The quantitative estimate of drug-likeness (QED) is 0.718. The fraction of sp³-hybridized carbons (Fsp3) is 0.417. The largest absolute Gasteiger partial charge is 0.491 e. The molecule has 0 aliphatic carbocycles. The van der Waals surface area contributed by atoms with E-state index >= 15 is 0 Å². The predicted octanol–water partition coefficient (Wildman–Crippen LogP) is 0.709. The van der Waals surface area contributed by atoms with Crippen molar-refractivity contribution in [3.63, 3.8) is 0 Å². The van der Waals surface area contributed by atoms with Crippen molar-refractivity contribution < 1.29 is 14.3 Å². The van der Waals surface area contributed by atoms with Crippen LogP contribution in [0.15, 0.2) is 24.3 Å². The zero-order valence-corrected chi connectivity index (χ0v) is 11.2. The van der Waals surface area contributed by atoms with E-state index in [0.717, 1.165) is 11.3 Å². The van der Waals surface area contributed by atoms with Crippen LogP contribution < -0.4 is 15.8 Å². The molecule has 0 aliphatic heterocycles. The molecule has 0 heterocycles. The van der Waals surface area contributed by atoms with Gasteiger partial charge < -0.3 is 20.5 Å². The Morgan fingerprint density at radius 2 is 1.94 bits per heavy atom. The number of amides is 1. The zero-order valence-electron chi connectivity index (χ0n) is 10.3. The highest BCUT2D eigenvalue weighted by atomic mass is 35.5. The lowest BCUT2D eigenvalue weighted by Crippen LogP contribution is -2.29. The molecule has 0 aromatic heterocycles. The van der Waals surface area contributed by atoms with Gasteiger partial charge in [-0.15, -0.1) is 12.4 Å². The van der Waals surface area contributed by atoms with Gasteiger partial charge in [0.25, 0.3) is 0 Å². The van der Waals surface area contributed by atoms with Gasteiger partial charge in [-0.3, -0.25) is 4.79 Å². The standard InChI is InChI=1S/C12H18N2O3.ClH/c1-16-6-7-17-11-4-2-10(3-5-11)9-14-12(15)8-13;/h2-5H,6-9,13H2,1H3,(H,14,15);1H. The highest BCUT2D eigenvalue weighted by Gasteiger charge is 1.98. The van der Waals surface area contributed by atoms with E-state index in [1.165, 1.54) is 0 Å². The molecule has 1 aromatic carbocycles. The third-order valence-corrected chi connectivity index (χ3v) is 2.15. The number of hydrogen-bond donors (Lipinski definition) is 2. The van der Waals surface area contributed by atoms with Gasteiger partial charge in [0.15, 0.2) is 0 Å². The summed E-state index contributed by atoms with van der Waals surface area (Å²) >= 11 is 0. The van der Waals surface area contributed by atoms with Crippen molar-refractivity contribution in [2.24, 2.45) is 5.73 Å². The molecular formula is C12H19ClN2O3. The molecule has 5 nitrogen and oxygen atoms in total.